The van der Waals surface area contributed by atoms with Gasteiger partial charge in [0.1, 0.15) is 0 Å². The van der Waals surface area contributed by atoms with Crippen LogP contribution in [0.5, 0.6) is 0 Å². The van der Waals surface area contributed by atoms with Gasteiger partial charge in [0.2, 0.25) is 0 Å². The van der Waals surface area contributed by atoms with Crippen molar-refractivity contribution in [2.24, 2.45) is 5.73 Å². The average Bonchev–Trinajstić information content (AvgIpc) is 2.27. The summed E-state index contributed by atoms with van der Waals surface area (Å²) in [6, 6.07) is 9.49. The van der Waals surface area contributed by atoms with E-state index in [9.17, 15) is 4.79 Å². The minimum atomic E-state index is -0.0803. The number of aromatic nitrogens is 1. The lowest BCUT2D eigenvalue weighted by Crippen LogP contribution is -2.13. The molecule has 0 aliphatic carbocycles. The highest BCUT2D eigenvalue weighted by Crippen LogP contribution is 2.12. The maximum Gasteiger partial charge on any atom is 0.177 e. The number of rotatable bonds is 2. The molecule has 3 heteroatoms. The number of ketones is 1. The van der Waals surface area contributed by atoms with Gasteiger partial charge in [-0.25, -0.2) is 0 Å². The van der Waals surface area contributed by atoms with Gasteiger partial charge in [-0.05, 0) is 12.1 Å². The fraction of sp³-hybridized carbons (Fsp3) is 0.0909. The molecule has 3 nitrogen and oxygen atoms in total. The second kappa shape index (κ2) is 3.55. The number of hydrogen-bond donors (Lipinski definition) is 1. The maximum absolute atomic E-state index is 11.3. The van der Waals surface area contributed by atoms with Gasteiger partial charge in [-0.15, -0.1) is 0 Å². The van der Waals surface area contributed by atoms with Crippen molar-refractivity contribution in [2.45, 2.75) is 0 Å². The number of nitrogens with two attached hydrogens (primary N) is 1. The van der Waals surface area contributed by atoms with Crippen molar-refractivity contribution in [1.29, 1.82) is 0 Å². The zero-order valence-corrected chi connectivity index (χ0v) is 7.60. The van der Waals surface area contributed by atoms with Gasteiger partial charge in [-0.3, -0.25) is 9.78 Å². The van der Waals surface area contributed by atoms with E-state index in [0.29, 0.717) is 5.56 Å². The molecule has 0 fully saturated rings. The zero-order valence-electron chi connectivity index (χ0n) is 7.60. The van der Waals surface area contributed by atoms with E-state index in [2.05, 4.69) is 4.98 Å². The Hall–Kier alpha value is -1.74. The normalized spacial score (nSPS) is 10.4. The van der Waals surface area contributed by atoms with Gasteiger partial charge in [-0.2, -0.15) is 0 Å². The molecule has 0 saturated heterocycles. The van der Waals surface area contributed by atoms with Crippen LogP contribution in [0.25, 0.3) is 10.9 Å². The smallest absolute Gasteiger partial charge is 0.177 e. The molecule has 1 heterocycles. The minimum absolute atomic E-state index is 0.0278. The summed E-state index contributed by atoms with van der Waals surface area (Å²) in [4.78, 5) is 15.5. The highest BCUT2D eigenvalue weighted by atomic mass is 16.1. The summed E-state index contributed by atoms with van der Waals surface area (Å²) in [6.45, 7) is 0.0278. The monoisotopic (exact) mass is 186 g/mol. The lowest BCUT2D eigenvalue weighted by Gasteiger charge is -1.99. The Morgan fingerprint density at radius 3 is 2.93 bits per heavy atom. The van der Waals surface area contributed by atoms with E-state index < -0.39 is 0 Å². The molecule has 2 rings (SSSR count). The molecule has 0 aliphatic rings. The number of carbonyl (C=O) groups is 1. The molecule has 1 aromatic heterocycles. The number of carbonyl (C=O) groups excluding carboxylic acids is 1. The standard InChI is InChI=1S/C11H10N2O/c12-6-11(14)9-5-8-3-1-2-4-10(8)13-7-9/h1-5,7H,6,12H2. The lowest BCUT2D eigenvalue weighted by atomic mass is 10.1. The van der Waals surface area contributed by atoms with E-state index in [-0.39, 0.29) is 12.3 Å². The molecule has 0 unspecified atom stereocenters. The van der Waals surface area contributed by atoms with Crippen LogP contribution in [0.1, 0.15) is 10.4 Å². The molecule has 0 bridgehead atoms. The molecule has 0 saturated carbocycles. The summed E-state index contributed by atoms with van der Waals surface area (Å²) in [7, 11) is 0. The Bertz CT molecular complexity index is 479. The van der Waals surface area contributed by atoms with E-state index in [0.717, 1.165) is 10.9 Å². The molecule has 0 amide bonds. The minimum Gasteiger partial charge on any atom is -0.324 e. The molecule has 70 valence electrons. The van der Waals surface area contributed by atoms with Crippen molar-refractivity contribution in [3.63, 3.8) is 0 Å². The number of pyridine rings is 1. The Morgan fingerprint density at radius 1 is 1.36 bits per heavy atom. The van der Waals surface area contributed by atoms with Crippen molar-refractivity contribution < 1.29 is 4.79 Å². The van der Waals surface area contributed by atoms with Crippen LogP contribution in [0.4, 0.5) is 0 Å². The van der Waals surface area contributed by atoms with Gasteiger partial charge in [0.25, 0.3) is 0 Å². The average molecular weight is 186 g/mol. The third kappa shape index (κ3) is 1.49. The van der Waals surface area contributed by atoms with E-state index in [1.165, 1.54) is 0 Å². The summed E-state index contributed by atoms with van der Waals surface area (Å²) >= 11 is 0. The van der Waals surface area contributed by atoms with Crippen LogP contribution in [-0.4, -0.2) is 17.3 Å². The first-order valence-corrected chi connectivity index (χ1v) is 4.39. The topological polar surface area (TPSA) is 56.0 Å². The Kier molecular flexibility index (Phi) is 2.24. The number of nitrogens with zero attached hydrogens (tertiary/aromatic N) is 1. The quantitative estimate of drug-likeness (QED) is 0.721. The molecule has 0 radical (unpaired) electrons. The van der Waals surface area contributed by atoms with E-state index in [1.807, 2.05) is 30.3 Å². The predicted molar refractivity (Wildman–Crippen MR) is 55.1 cm³/mol. The van der Waals surface area contributed by atoms with Crippen LogP contribution in [0.2, 0.25) is 0 Å². The largest absolute Gasteiger partial charge is 0.324 e. The first-order valence-electron chi connectivity index (χ1n) is 4.39. The Morgan fingerprint density at radius 2 is 2.14 bits per heavy atom. The van der Waals surface area contributed by atoms with Crippen molar-refractivity contribution in [3.05, 3.63) is 42.1 Å². The Labute approximate surface area is 81.6 Å². The first kappa shape index (κ1) is 8.84. The SMILES string of the molecule is NCC(=O)c1cnc2ccccc2c1. The molecular formula is C11H10N2O. The molecule has 2 aromatic rings. The number of Topliss-reactive ketones (excluding diaryl/α,β-unsaturated/α-hetero) is 1. The number of hydrogen-bond acceptors (Lipinski definition) is 3. The summed E-state index contributed by atoms with van der Waals surface area (Å²) in [5, 5.41) is 0.965. The van der Waals surface area contributed by atoms with Crippen LogP contribution in [0, 0.1) is 0 Å². The maximum atomic E-state index is 11.3. The molecular weight excluding hydrogens is 176 g/mol. The second-order valence-corrected chi connectivity index (χ2v) is 3.04. The van der Waals surface area contributed by atoms with Crippen molar-refractivity contribution in [2.75, 3.05) is 6.54 Å². The van der Waals surface area contributed by atoms with Crippen LogP contribution in [-0.2, 0) is 0 Å². The Balaban J connectivity index is 2.56. The van der Waals surface area contributed by atoms with Gasteiger partial charge >= 0.3 is 0 Å². The summed E-state index contributed by atoms with van der Waals surface area (Å²) in [5.41, 5.74) is 6.74. The van der Waals surface area contributed by atoms with E-state index >= 15 is 0 Å². The van der Waals surface area contributed by atoms with E-state index in [4.69, 9.17) is 5.73 Å². The molecule has 0 aliphatic heterocycles. The molecule has 1 aromatic carbocycles. The predicted octanol–water partition coefficient (Wildman–Crippen LogP) is 1.38. The van der Waals surface area contributed by atoms with Gasteiger partial charge in [-0.1, -0.05) is 18.2 Å². The zero-order chi connectivity index (χ0) is 9.97. The van der Waals surface area contributed by atoms with Gasteiger partial charge < -0.3 is 5.73 Å². The van der Waals surface area contributed by atoms with Crippen molar-refractivity contribution in [1.82, 2.24) is 4.98 Å². The van der Waals surface area contributed by atoms with Crippen LogP contribution in [0.15, 0.2) is 36.5 Å². The summed E-state index contributed by atoms with van der Waals surface area (Å²) < 4.78 is 0. The number of fused-ring (bicyclic) bond motifs is 1. The molecule has 14 heavy (non-hydrogen) atoms. The van der Waals surface area contributed by atoms with Gasteiger partial charge in [0, 0.05) is 17.1 Å². The third-order valence-electron chi connectivity index (χ3n) is 2.10. The molecule has 0 spiro atoms. The van der Waals surface area contributed by atoms with E-state index in [1.54, 1.807) is 6.20 Å². The van der Waals surface area contributed by atoms with Gasteiger partial charge in [0.05, 0.1) is 12.1 Å². The summed E-state index contributed by atoms with van der Waals surface area (Å²) in [5.74, 6) is -0.0803. The first-order chi connectivity index (χ1) is 6.81. The third-order valence-corrected chi connectivity index (χ3v) is 2.10. The number of benzene rings is 1. The van der Waals surface area contributed by atoms with Gasteiger partial charge in [0.15, 0.2) is 5.78 Å². The van der Waals surface area contributed by atoms with Crippen LogP contribution < -0.4 is 5.73 Å². The number of para-hydroxylation sites is 1. The highest BCUT2D eigenvalue weighted by molar-refractivity contribution is 5.99. The second-order valence-electron chi connectivity index (χ2n) is 3.04. The summed E-state index contributed by atoms with van der Waals surface area (Å²) in [6.07, 6.45) is 1.57. The van der Waals surface area contributed by atoms with Crippen LogP contribution in [0.3, 0.4) is 0 Å². The fourth-order valence-electron chi connectivity index (χ4n) is 1.34. The fourth-order valence-corrected chi connectivity index (χ4v) is 1.34. The van der Waals surface area contributed by atoms with Crippen LogP contribution >= 0.6 is 0 Å². The van der Waals surface area contributed by atoms with Crippen molar-refractivity contribution >= 4 is 16.7 Å². The molecule has 2 N–H and O–H groups in total. The molecule has 0 atom stereocenters. The van der Waals surface area contributed by atoms with Crippen molar-refractivity contribution in [3.8, 4) is 0 Å². The highest BCUT2D eigenvalue weighted by Gasteiger charge is 2.04. The lowest BCUT2D eigenvalue weighted by molar-refractivity contribution is 0.100.